The highest BCUT2D eigenvalue weighted by molar-refractivity contribution is 5.87. The van der Waals surface area contributed by atoms with Gasteiger partial charge in [0.15, 0.2) is 5.82 Å². The molecule has 0 saturated carbocycles. The number of allylic oxidation sites excluding steroid dienone is 1. The fourth-order valence-corrected chi connectivity index (χ4v) is 4.15. The lowest BCUT2D eigenvalue weighted by molar-refractivity contribution is -0.123. The molecule has 1 unspecified atom stereocenters. The van der Waals surface area contributed by atoms with Gasteiger partial charge in [-0.2, -0.15) is 0 Å². The van der Waals surface area contributed by atoms with Crippen molar-refractivity contribution >= 4 is 28.7 Å². The number of hydrogen-bond acceptors (Lipinski definition) is 6. The Kier molecular flexibility index (Phi) is 10.4. The molecule has 0 aliphatic carbocycles. The molecule has 0 radical (unpaired) electrons. The largest absolute Gasteiger partial charge is 0.453 e. The number of H-pyrrole nitrogens is 1. The minimum absolute atomic E-state index is 0.0136. The Morgan fingerprint density at radius 1 is 1.25 bits per heavy atom. The Labute approximate surface area is 231 Å². The van der Waals surface area contributed by atoms with Gasteiger partial charge in [-0.15, -0.1) is 0 Å². The summed E-state index contributed by atoms with van der Waals surface area (Å²) < 4.78 is 35.1. The van der Waals surface area contributed by atoms with Crippen molar-refractivity contribution in [1.29, 1.82) is 0 Å². The van der Waals surface area contributed by atoms with Gasteiger partial charge < -0.3 is 29.8 Å². The third-order valence-corrected chi connectivity index (χ3v) is 6.20. The van der Waals surface area contributed by atoms with Crippen molar-refractivity contribution < 1.29 is 23.1 Å². The number of carbonyl (C=O) groups excluding carboxylic acids is 2. The van der Waals surface area contributed by atoms with Gasteiger partial charge in [-0.05, 0) is 43.4 Å². The Hall–Kier alpha value is -4.22. The second kappa shape index (κ2) is 13.7. The summed E-state index contributed by atoms with van der Waals surface area (Å²) in [5.74, 6) is -1.08. The molecule has 0 aliphatic heterocycles. The number of pyridine rings is 1. The van der Waals surface area contributed by atoms with Crippen molar-refractivity contribution in [1.82, 2.24) is 24.8 Å². The average Bonchev–Trinajstić information content (AvgIpc) is 3.33. The topological polar surface area (TPSA) is 121 Å². The fraction of sp³-hybridized carbons (Fsp3) is 0.429. The van der Waals surface area contributed by atoms with Crippen molar-refractivity contribution in [3.05, 3.63) is 69.9 Å². The van der Waals surface area contributed by atoms with Crippen LogP contribution in [0.3, 0.4) is 0 Å². The van der Waals surface area contributed by atoms with Crippen LogP contribution in [0.1, 0.15) is 38.1 Å². The summed E-state index contributed by atoms with van der Waals surface area (Å²) in [6.45, 7) is 4.12. The van der Waals surface area contributed by atoms with Gasteiger partial charge in [0.2, 0.25) is 5.91 Å². The molecule has 0 aliphatic rings. The molecule has 40 heavy (non-hydrogen) atoms. The first-order valence-electron chi connectivity index (χ1n) is 13.0. The van der Waals surface area contributed by atoms with Crippen molar-refractivity contribution in [3.8, 4) is 0 Å². The number of nitrogens with zero attached hydrogens (tertiary/aromatic N) is 3. The van der Waals surface area contributed by atoms with Gasteiger partial charge in [-0.25, -0.2) is 18.6 Å². The minimum atomic E-state index is -0.768. The number of nitrogens with one attached hydrogen (secondary N) is 3. The summed E-state index contributed by atoms with van der Waals surface area (Å²) in [4.78, 5) is 45.5. The van der Waals surface area contributed by atoms with Gasteiger partial charge in [-0.3, -0.25) is 9.59 Å². The van der Waals surface area contributed by atoms with Gasteiger partial charge in [-0.1, -0.05) is 19.9 Å². The van der Waals surface area contributed by atoms with E-state index in [2.05, 4.69) is 20.6 Å². The average molecular weight is 559 g/mol. The maximum Gasteiger partial charge on any atom is 0.407 e. The summed E-state index contributed by atoms with van der Waals surface area (Å²) >= 11 is 0. The molecule has 2 amide bonds. The number of aromatic nitrogens is 3. The quantitative estimate of drug-likeness (QED) is 0.291. The zero-order chi connectivity index (χ0) is 29.4. The maximum atomic E-state index is 14.5. The zero-order valence-electron chi connectivity index (χ0n) is 23.4. The molecule has 0 spiro atoms. The standard InChI is InChI=1S/C28H36F2N6O4/c1-17(2)13-19-20(29)14-21(30)26-25(19)33-23(34-26)16-36-12-8-10-22(27(36)38)31-15-18(32-28(39)40-5)9-6-7-11-24(37)35(3)4/h7-8,10-12,14,17-18,31H,6,9,13,15-16H2,1-5H3,(H,32,39)(H,33,34)/b11-7+. The highest BCUT2D eigenvalue weighted by Crippen LogP contribution is 2.25. The normalized spacial score (nSPS) is 12.2. The molecule has 216 valence electrons. The molecule has 3 aromatic rings. The van der Waals surface area contributed by atoms with Crippen LogP contribution in [-0.4, -0.2) is 65.2 Å². The number of halogens is 2. The van der Waals surface area contributed by atoms with Crippen LogP contribution < -0.4 is 16.2 Å². The second-order valence-electron chi connectivity index (χ2n) is 10.1. The van der Waals surface area contributed by atoms with Crippen LogP contribution in [0.4, 0.5) is 19.3 Å². The number of hydrogen-bond donors (Lipinski definition) is 3. The Morgan fingerprint density at radius 2 is 2.00 bits per heavy atom. The van der Waals surface area contributed by atoms with E-state index in [4.69, 9.17) is 4.74 Å². The molecule has 0 fully saturated rings. The number of benzene rings is 1. The Balaban J connectivity index is 1.75. The third kappa shape index (κ3) is 7.90. The van der Waals surface area contributed by atoms with E-state index < -0.39 is 23.8 Å². The first-order valence-corrected chi connectivity index (χ1v) is 13.0. The minimum Gasteiger partial charge on any atom is -0.453 e. The SMILES string of the molecule is COC(=O)NC(CC/C=C/C(=O)N(C)C)CNc1cccn(Cc2nc3c(F)cc(F)c(CC(C)C)c3[nH]2)c1=O. The molecule has 1 atom stereocenters. The molecule has 0 saturated heterocycles. The van der Waals surface area contributed by atoms with E-state index in [1.165, 1.54) is 22.7 Å². The van der Waals surface area contributed by atoms with Crippen LogP contribution in [0.25, 0.3) is 11.0 Å². The second-order valence-corrected chi connectivity index (χ2v) is 10.1. The number of amides is 2. The van der Waals surface area contributed by atoms with Crippen LogP contribution in [-0.2, 0) is 22.5 Å². The van der Waals surface area contributed by atoms with E-state index in [1.54, 1.807) is 38.5 Å². The Morgan fingerprint density at radius 3 is 2.67 bits per heavy atom. The highest BCUT2D eigenvalue weighted by atomic mass is 19.1. The summed E-state index contributed by atoms with van der Waals surface area (Å²) in [7, 11) is 4.57. The number of alkyl carbamates (subject to hydrolysis) is 1. The number of rotatable bonds is 12. The lowest BCUT2D eigenvalue weighted by Crippen LogP contribution is -2.40. The van der Waals surface area contributed by atoms with E-state index in [1.807, 2.05) is 13.8 Å². The van der Waals surface area contributed by atoms with Gasteiger partial charge in [0.05, 0.1) is 19.2 Å². The summed E-state index contributed by atoms with van der Waals surface area (Å²) in [6, 6.07) is 3.73. The van der Waals surface area contributed by atoms with Crippen molar-refractivity contribution in [2.75, 3.05) is 33.1 Å². The molecular formula is C28H36F2N6O4. The maximum absolute atomic E-state index is 14.5. The molecule has 3 rings (SSSR count). The summed E-state index contributed by atoms with van der Waals surface area (Å²) in [6.07, 6.45) is 5.55. The van der Waals surface area contributed by atoms with E-state index in [0.717, 1.165) is 6.07 Å². The first kappa shape index (κ1) is 30.3. The molecule has 3 N–H and O–H groups in total. The number of fused-ring (bicyclic) bond motifs is 1. The highest BCUT2D eigenvalue weighted by Gasteiger charge is 2.18. The van der Waals surface area contributed by atoms with E-state index in [9.17, 15) is 23.2 Å². The smallest absolute Gasteiger partial charge is 0.407 e. The van der Waals surface area contributed by atoms with E-state index in [0.29, 0.717) is 36.2 Å². The van der Waals surface area contributed by atoms with Gasteiger partial charge in [0.1, 0.15) is 22.8 Å². The van der Waals surface area contributed by atoms with Crippen molar-refractivity contribution in [3.63, 3.8) is 0 Å². The number of methoxy groups -OCH3 is 1. The molecular weight excluding hydrogens is 522 g/mol. The van der Waals surface area contributed by atoms with Gasteiger partial charge in [0.25, 0.3) is 5.56 Å². The van der Waals surface area contributed by atoms with Gasteiger partial charge in [0, 0.05) is 44.5 Å². The number of aromatic amines is 1. The number of carbonyl (C=O) groups is 2. The van der Waals surface area contributed by atoms with E-state index >= 15 is 0 Å². The monoisotopic (exact) mass is 558 g/mol. The fourth-order valence-electron chi connectivity index (χ4n) is 4.15. The third-order valence-electron chi connectivity index (χ3n) is 6.20. The molecule has 10 nitrogen and oxygen atoms in total. The molecule has 2 heterocycles. The first-order chi connectivity index (χ1) is 19.0. The van der Waals surface area contributed by atoms with Crippen LogP contribution in [0.5, 0.6) is 0 Å². The lowest BCUT2D eigenvalue weighted by atomic mass is 10.0. The van der Waals surface area contributed by atoms with Crippen LogP contribution >= 0.6 is 0 Å². The number of imidazole rings is 1. The summed E-state index contributed by atoms with van der Waals surface area (Å²) in [5.41, 5.74) is 0.614. The molecule has 1 aromatic carbocycles. The zero-order valence-corrected chi connectivity index (χ0v) is 23.4. The molecule has 0 bridgehead atoms. The number of ether oxygens (including phenoxy) is 1. The summed E-state index contributed by atoms with van der Waals surface area (Å²) in [5, 5.41) is 5.79. The lowest BCUT2D eigenvalue weighted by Gasteiger charge is -2.19. The van der Waals surface area contributed by atoms with Crippen LogP contribution in [0, 0.1) is 17.6 Å². The van der Waals surface area contributed by atoms with E-state index in [-0.39, 0.29) is 41.7 Å². The predicted molar refractivity (Wildman–Crippen MR) is 149 cm³/mol. The predicted octanol–water partition coefficient (Wildman–Crippen LogP) is 3.81. The van der Waals surface area contributed by atoms with Crippen molar-refractivity contribution in [2.45, 2.75) is 45.7 Å². The van der Waals surface area contributed by atoms with Crippen molar-refractivity contribution in [2.24, 2.45) is 5.92 Å². The van der Waals surface area contributed by atoms with Crippen LogP contribution in [0.15, 0.2) is 41.3 Å². The van der Waals surface area contributed by atoms with Crippen LogP contribution in [0.2, 0.25) is 0 Å². The molecule has 2 aromatic heterocycles. The Bertz CT molecular complexity index is 1430. The van der Waals surface area contributed by atoms with Gasteiger partial charge >= 0.3 is 6.09 Å². The molecule has 12 heteroatoms. The number of anilines is 1. The number of likely N-dealkylation sites (N-methyl/N-ethyl adjacent to an activating group) is 1.